The molecular weight excluding hydrogens is 292 g/mol. The van der Waals surface area contributed by atoms with Crippen molar-refractivity contribution in [3.05, 3.63) is 29.8 Å². The Morgan fingerprint density at radius 3 is 2.52 bits per heavy atom. The lowest BCUT2D eigenvalue weighted by atomic mass is 9.82. The van der Waals surface area contributed by atoms with Gasteiger partial charge in [0.2, 0.25) is 0 Å². The van der Waals surface area contributed by atoms with E-state index >= 15 is 0 Å². The lowest BCUT2D eigenvalue weighted by Gasteiger charge is -2.33. The zero-order valence-electron chi connectivity index (χ0n) is 14.5. The molecule has 0 aromatic heterocycles. The predicted molar refractivity (Wildman–Crippen MR) is 90.5 cm³/mol. The number of ether oxygens (including phenoxy) is 1. The molecule has 0 bridgehead atoms. The van der Waals surface area contributed by atoms with Crippen molar-refractivity contribution in [2.75, 3.05) is 20.3 Å². The Labute approximate surface area is 138 Å². The van der Waals surface area contributed by atoms with Crippen molar-refractivity contribution in [3.63, 3.8) is 0 Å². The number of amides is 2. The molecule has 1 aliphatic carbocycles. The summed E-state index contributed by atoms with van der Waals surface area (Å²) in [5, 5.41) is 15.3. The summed E-state index contributed by atoms with van der Waals surface area (Å²) in [6, 6.07) is 7.35. The number of hydrogen-bond acceptors (Lipinski definition) is 3. The van der Waals surface area contributed by atoms with Gasteiger partial charge < -0.3 is 20.5 Å². The fourth-order valence-electron chi connectivity index (χ4n) is 2.68. The van der Waals surface area contributed by atoms with Crippen LogP contribution in [-0.2, 0) is 0 Å². The first-order chi connectivity index (χ1) is 10.8. The highest BCUT2D eigenvalue weighted by Crippen LogP contribution is 2.44. The highest BCUT2D eigenvalue weighted by atomic mass is 16.5. The van der Waals surface area contributed by atoms with Crippen LogP contribution in [0.1, 0.15) is 45.2 Å². The topological polar surface area (TPSA) is 70.6 Å². The first-order valence-electron chi connectivity index (χ1n) is 8.09. The number of aliphatic hydroxyl groups excluding tert-OH is 1. The van der Waals surface area contributed by atoms with Gasteiger partial charge in [0, 0.05) is 17.5 Å². The number of aliphatic hydroxyl groups is 1. The number of para-hydroxylation sites is 1. The molecule has 0 heterocycles. The molecule has 1 aromatic carbocycles. The highest BCUT2D eigenvalue weighted by molar-refractivity contribution is 5.74. The van der Waals surface area contributed by atoms with Crippen molar-refractivity contribution in [1.82, 2.24) is 10.6 Å². The number of carbonyl (C=O) groups excluding carboxylic acids is 1. The van der Waals surface area contributed by atoms with Gasteiger partial charge in [0.15, 0.2) is 0 Å². The van der Waals surface area contributed by atoms with E-state index in [1.54, 1.807) is 7.11 Å². The van der Waals surface area contributed by atoms with Crippen LogP contribution in [0, 0.1) is 10.8 Å². The monoisotopic (exact) mass is 320 g/mol. The summed E-state index contributed by atoms with van der Waals surface area (Å²) in [7, 11) is 1.64. The third kappa shape index (κ3) is 4.38. The van der Waals surface area contributed by atoms with Crippen LogP contribution in [0.25, 0.3) is 0 Å². The van der Waals surface area contributed by atoms with Crippen LogP contribution < -0.4 is 15.4 Å². The maximum absolute atomic E-state index is 12.3. The molecule has 2 amide bonds. The predicted octanol–water partition coefficient (Wildman–Crippen LogP) is 2.85. The fourth-order valence-corrected chi connectivity index (χ4v) is 2.68. The maximum atomic E-state index is 12.3. The zero-order chi connectivity index (χ0) is 17.1. The van der Waals surface area contributed by atoms with E-state index in [2.05, 4.69) is 31.4 Å². The van der Waals surface area contributed by atoms with Crippen molar-refractivity contribution >= 4 is 6.03 Å². The minimum atomic E-state index is -0.212. The summed E-state index contributed by atoms with van der Waals surface area (Å²) >= 11 is 0. The van der Waals surface area contributed by atoms with E-state index in [9.17, 15) is 9.90 Å². The van der Waals surface area contributed by atoms with E-state index in [0.29, 0.717) is 6.54 Å². The summed E-state index contributed by atoms with van der Waals surface area (Å²) in [4.78, 5) is 12.3. The second kappa shape index (κ2) is 6.79. The normalized spacial score (nSPS) is 17.3. The first-order valence-corrected chi connectivity index (χ1v) is 8.09. The largest absolute Gasteiger partial charge is 0.496 e. The Kier molecular flexibility index (Phi) is 5.19. The Hall–Kier alpha value is -1.75. The number of nitrogens with one attached hydrogen (secondary N) is 2. The van der Waals surface area contributed by atoms with Crippen molar-refractivity contribution in [3.8, 4) is 5.75 Å². The Morgan fingerprint density at radius 2 is 2.00 bits per heavy atom. The minimum Gasteiger partial charge on any atom is -0.496 e. The fraction of sp³-hybridized carbons (Fsp3) is 0.611. The summed E-state index contributed by atoms with van der Waals surface area (Å²) in [6.07, 6.45) is 1.94. The van der Waals surface area contributed by atoms with Crippen LogP contribution in [-0.4, -0.2) is 31.4 Å². The number of benzene rings is 1. The number of methoxy groups -OCH3 is 1. The molecule has 3 N–H and O–H groups in total. The number of hydrogen-bond donors (Lipinski definition) is 3. The van der Waals surface area contributed by atoms with Gasteiger partial charge in [-0.25, -0.2) is 4.79 Å². The molecule has 0 aliphatic heterocycles. The highest BCUT2D eigenvalue weighted by Gasteiger charge is 2.42. The van der Waals surface area contributed by atoms with Gasteiger partial charge in [-0.1, -0.05) is 39.0 Å². The molecule has 23 heavy (non-hydrogen) atoms. The second-order valence-corrected chi connectivity index (χ2v) is 7.53. The summed E-state index contributed by atoms with van der Waals surface area (Å²) in [5.74, 6) is 0.766. The van der Waals surface area contributed by atoms with Crippen molar-refractivity contribution in [1.29, 1.82) is 0 Å². The zero-order valence-corrected chi connectivity index (χ0v) is 14.5. The average molecular weight is 320 g/mol. The third-order valence-electron chi connectivity index (χ3n) is 4.51. The summed E-state index contributed by atoms with van der Waals surface area (Å²) < 4.78 is 5.44. The van der Waals surface area contributed by atoms with Gasteiger partial charge in [-0.05, 0) is 24.3 Å². The maximum Gasteiger partial charge on any atom is 0.315 e. The number of rotatable bonds is 6. The quantitative estimate of drug-likeness (QED) is 0.755. The van der Waals surface area contributed by atoms with E-state index in [0.717, 1.165) is 24.2 Å². The van der Waals surface area contributed by atoms with Gasteiger partial charge in [-0.3, -0.25) is 0 Å². The van der Waals surface area contributed by atoms with Gasteiger partial charge in [0.05, 0.1) is 19.8 Å². The first kappa shape index (κ1) is 17.6. The molecule has 0 spiro atoms. The SMILES string of the molecule is COc1ccccc1C(NC(=O)NCC1(CO)CC1)C(C)(C)C. The van der Waals surface area contributed by atoms with E-state index in [1.165, 1.54) is 0 Å². The molecule has 1 unspecified atom stereocenters. The molecular formula is C18H28N2O3. The van der Waals surface area contributed by atoms with Gasteiger partial charge in [-0.2, -0.15) is 0 Å². The van der Waals surface area contributed by atoms with Crippen LogP contribution in [0.5, 0.6) is 5.75 Å². The smallest absolute Gasteiger partial charge is 0.315 e. The molecule has 1 aliphatic rings. The van der Waals surface area contributed by atoms with Gasteiger partial charge in [0.1, 0.15) is 5.75 Å². The van der Waals surface area contributed by atoms with Crippen molar-refractivity contribution in [2.45, 2.75) is 39.7 Å². The van der Waals surface area contributed by atoms with Gasteiger partial charge >= 0.3 is 6.03 Å². The van der Waals surface area contributed by atoms with Crippen LogP contribution in [0.15, 0.2) is 24.3 Å². The van der Waals surface area contributed by atoms with Crippen LogP contribution in [0.4, 0.5) is 4.79 Å². The van der Waals surface area contributed by atoms with Crippen LogP contribution in [0.3, 0.4) is 0 Å². The molecule has 1 aromatic rings. The minimum absolute atomic E-state index is 0.0982. The second-order valence-electron chi connectivity index (χ2n) is 7.53. The van der Waals surface area contributed by atoms with E-state index < -0.39 is 0 Å². The standard InChI is InChI=1S/C18H28N2O3/c1-17(2,3)15(13-7-5-6-8-14(13)23-4)20-16(22)19-11-18(12-21)9-10-18/h5-8,15,21H,9-12H2,1-4H3,(H2,19,20,22). The van der Waals surface area contributed by atoms with E-state index in [1.807, 2.05) is 24.3 Å². The molecule has 0 radical (unpaired) electrons. The Morgan fingerprint density at radius 1 is 1.35 bits per heavy atom. The van der Waals surface area contributed by atoms with E-state index in [4.69, 9.17) is 4.74 Å². The Bertz CT molecular complexity index is 547. The van der Waals surface area contributed by atoms with E-state index in [-0.39, 0.29) is 29.5 Å². The van der Waals surface area contributed by atoms with Crippen LogP contribution in [0.2, 0.25) is 0 Å². The van der Waals surface area contributed by atoms with Gasteiger partial charge in [-0.15, -0.1) is 0 Å². The lowest BCUT2D eigenvalue weighted by molar-refractivity contribution is 0.196. The van der Waals surface area contributed by atoms with Crippen molar-refractivity contribution < 1.29 is 14.6 Å². The number of urea groups is 1. The average Bonchev–Trinajstić information content (AvgIpc) is 3.30. The number of carbonyl (C=O) groups is 1. The van der Waals surface area contributed by atoms with Crippen LogP contribution >= 0.6 is 0 Å². The summed E-state index contributed by atoms with van der Waals surface area (Å²) in [5.41, 5.74) is 0.695. The molecule has 5 nitrogen and oxygen atoms in total. The summed E-state index contributed by atoms with van der Waals surface area (Å²) in [6.45, 7) is 6.89. The molecule has 0 saturated heterocycles. The molecule has 2 rings (SSSR count). The molecule has 1 saturated carbocycles. The molecule has 128 valence electrons. The molecule has 1 atom stereocenters. The molecule has 1 fully saturated rings. The molecule has 5 heteroatoms. The third-order valence-corrected chi connectivity index (χ3v) is 4.51. The van der Waals surface area contributed by atoms with Gasteiger partial charge in [0.25, 0.3) is 0 Å². The Balaban J connectivity index is 2.09. The van der Waals surface area contributed by atoms with Crippen molar-refractivity contribution in [2.24, 2.45) is 10.8 Å². The lowest BCUT2D eigenvalue weighted by Crippen LogP contribution is -2.44.